The maximum Gasteiger partial charge on any atom is 0.317 e. The number of nitrogens with zero attached hydrogens (tertiary/aromatic N) is 2. The molecule has 65 heavy (non-hydrogen) atoms. The number of nitrogens with one attached hydrogen (secondary N) is 2. The zero-order valence-corrected chi connectivity index (χ0v) is 42.9. The number of carbonyl (C=O) groups is 1. The van der Waals surface area contributed by atoms with Crippen LogP contribution in [-0.2, 0) is 61.7 Å². The molecule has 3 aliphatic rings. The van der Waals surface area contributed by atoms with Crippen LogP contribution in [0.15, 0.2) is 126 Å². The number of amides is 2. The molecule has 2 atom stereocenters. The van der Waals surface area contributed by atoms with Gasteiger partial charge >= 0.3 is 6.03 Å². The normalized spacial score (nSPS) is 14.8. The number of ether oxygens (including phenoxy) is 3. The summed E-state index contributed by atoms with van der Waals surface area (Å²) in [6.07, 6.45) is 0.579. The zero-order chi connectivity index (χ0) is 45.6. The number of urea groups is 1. The van der Waals surface area contributed by atoms with Crippen molar-refractivity contribution >= 4 is 52.4 Å². The monoisotopic (exact) mass is 1030 g/mol. The maximum absolute atomic E-state index is 12.5. The minimum Gasteiger partial charge on any atom is -0.674 e. The average Bonchev–Trinajstić information content (AvgIpc) is 3.89. The Labute approximate surface area is 428 Å². The van der Waals surface area contributed by atoms with E-state index in [0.717, 1.165) is 76.8 Å². The van der Waals surface area contributed by atoms with Crippen molar-refractivity contribution in [1.82, 2.24) is 10.2 Å². The number of likely N-dealkylation sites (tertiary alicyclic amines) is 1. The molecule has 0 saturated carbocycles. The summed E-state index contributed by atoms with van der Waals surface area (Å²) >= 11 is 24.8. The molecule has 14 heteroatoms. The van der Waals surface area contributed by atoms with Gasteiger partial charge in [0.25, 0.3) is 0 Å². The van der Waals surface area contributed by atoms with Crippen LogP contribution in [-0.4, -0.2) is 55.9 Å². The minimum absolute atomic E-state index is 0. The molecule has 1 aromatic heterocycles. The van der Waals surface area contributed by atoms with E-state index in [-0.39, 0.29) is 63.2 Å². The van der Waals surface area contributed by atoms with Gasteiger partial charge in [0.05, 0.1) is 25.8 Å². The second kappa shape index (κ2) is 26.2. The van der Waals surface area contributed by atoms with Gasteiger partial charge in [-0.15, -0.1) is 19.6 Å². The first-order valence-electron chi connectivity index (χ1n) is 21.5. The van der Waals surface area contributed by atoms with E-state index in [1.165, 1.54) is 5.56 Å². The van der Waals surface area contributed by atoms with Crippen molar-refractivity contribution in [3.63, 3.8) is 0 Å². The summed E-state index contributed by atoms with van der Waals surface area (Å²) in [5, 5.41) is 9.87. The van der Waals surface area contributed by atoms with E-state index in [1.807, 2.05) is 143 Å². The van der Waals surface area contributed by atoms with Crippen molar-refractivity contribution < 1.29 is 56.1 Å². The van der Waals surface area contributed by atoms with Crippen LogP contribution in [0.2, 0.25) is 20.1 Å². The molecule has 0 spiro atoms. The van der Waals surface area contributed by atoms with E-state index in [0.29, 0.717) is 46.3 Å². The van der Waals surface area contributed by atoms with Crippen LogP contribution in [0.1, 0.15) is 76.5 Å². The summed E-state index contributed by atoms with van der Waals surface area (Å²) in [5.74, 6) is 2.67. The first-order valence-corrected chi connectivity index (χ1v) is 23.0. The Kier molecular flexibility index (Phi) is 21.2. The Bertz CT molecular complexity index is 2410. The van der Waals surface area contributed by atoms with Gasteiger partial charge in [-0.25, -0.2) is 4.79 Å². The van der Waals surface area contributed by atoms with E-state index >= 15 is 0 Å². The number of rotatable bonds is 11. The second-order valence-corrected chi connectivity index (χ2v) is 16.9. The van der Waals surface area contributed by atoms with E-state index in [9.17, 15) is 4.79 Å². The van der Waals surface area contributed by atoms with Crippen LogP contribution >= 0.6 is 46.4 Å². The van der Waals surface area contributed by atoms with Crippen molar-refractivity contribution in [3.8, 4) is 5.75 Å². The van der Waals surface area contributed by atoms with Gasteiger partial charge in [0, 0.05) is 88.6 Å². The fourth-order valence-corrected chi connectivity index (χ4v) is 7.92. The molecule has 9 nitrogen and oxygen atoms in total. The van der Waals surface area contributed by atoms with Crippen molar-refractivity contribution in [2.75, 3.05) is 32.8 Å². The van der Waals surface area contributed by atoms with Crippen LogP contribution in [0.5, 0.6) is 5.75 Å². The molecular weight excluding hydrogens is 979 g/mol. The maximum atomic E-state index is 12.5. The topological polar surface area (TPSA) is 111 Å². The predicted octanol–water partition coefficient (Wildman–Crippen LogP) is 14.0. The number of benzene rings is 5. The molecule has 0 aliphatic carbocycles. The first-order chi connectivity index (χ1) is 31.0. The van der Waals surface area contributed by atoms with Crippen molar-refractivity contribution in [3.05, 3.63) is 203 Å². The standard InChI is InChI=1S/C24H24Cl2N2O3.C16H14Cl2NO.C9H10NO.C2H6.Y/c1-15-11-18(16(2)30-15)12-27-24(29)28-13-20(14-28)31-23(17-7-9-19(25)10-8-17)21-5-3-4-6-22(21)26;17-12-7-5-11(6-8-12)16(20-13-9-19-10-13)14-3-1-2-4-15(14)18;10-6-7-1-2-9-8(5-7)3-4-11-9;1-2;/h3-11,20,23H,12-14H2,1-2H3,(H,27,29);1-8,13,16H,9-10H2;1-2,5,10H,3-4,6H2;1-2H3;/q;2*-1;;. The molecule has 1 radical (unpaired) electrons. The number of aryl methyl sites for hydroxylation is 2. The number of carbonyl (C=O) groups excluding carboxylic acids is 1. The number of fused-ring (bicyclic) bond motifs is 1. The van der Waals surface area contributed by atoms with Crippen LogP contribution in [0.3, 0.4) is 0 Å². The third kappa shape index (κ3) is 14.8. The van der Waals surface area contributed by atoms with Crippen molar-refractivity contribution in [2.45, 2.75) is 71.6 Å². The molecule has 341 valence electrons. The summed E-state index contributed by atoms with van der Waals surface area (Å²) < 4.78 is 23.4. The van der Waals surface area contributed by atoms with E-state index in [1.54, 1.807) is 4.90 Å². The Hall–Kier alpha value is -3.45. The van der Waals surface area contributed by atoms with Crippen LogP contribution in [0, 0.1) is 13.8 Å². The molecule has 2 N–H and O–H groups in total. The first kappa shape index (κ1) is 52.5. The van der Waals surface area contributed by atoms with Gasteiger partial charge in [0.2, 0.25) is 0 Å². The van der Waals surface area contributed by atoms with Crippen LogP contribution in [0.25, 0.3) is 11.1 Å². The number of halogens is 4. The molecular formula is C51H54Cl4N4O5Y-2. The third-order valence-electron chi connectivity index (χ3n) is 10.7. The van der Waals surface area contributed by atoms with Gasteiger partial charge < -0.3 is 39.9 Å². The number of hydrogen-bond acceptors (Lipinski definition) is 5. The molecule has 6 aromatic rings. The van der Waals surface area contributed by atoms with E-state index in [4.69, 9.17) is 70.8 Å². The van der Waals surface area contributed by atoms with Crippen LogP contribution < -0.4 is 10.1 Å². The second-order valence-electron chi connectivity index (χ2n) is 15.2. The van der Waals surface area contributed by atoms with E-state index < -0.39 is 0 Å². The Morgan fingerprint density at radius 3 is 1.78 bits per heavy atom. The molecule has 5 aromatic carbocycles. The summed E-state index contributed by atoms with van der Waals surface area (Å²) in [6, 6.07) is 38.5. The predicted molar refractivity (Wildman–Crippen MR) is 259 cm³/mol. The molecule has 2 saturated heterocycles. The summed E-state index contributed by atoms with van der Waals surface area (Å²) in [7, 11) is 0. The Morgan fingerprint density at radius 1 is 0.769 bits per heavy atom. The third-order valence-corrected chi connectivity index (χ3v) is 11.9. The van der Waals surface area contributed by atoms with Gasteiger partial charge in [0.15, 0.2) is 0 Å². The van der Waals surface area contributed by atoms with Gasteiger partial charge in [-0.3, -0.25) is 0 Å². The molecule has 2 fully saturated rings. The van der Waals surface area contributed by atoms with Gasteiger partial charge in [-0.2, -0.15) is 0 Å². The van der Waals surface area contributed by atoms with Crippen molar-refractivity contribution in [2.24, 2.45) is 0 Å². The minimum atomic E-state index is -0.335. The Balaban J connectivity index is 0.000000199. The van der Waals surface area contributed by atoms with E-state index in [2.05, 4.69) is 16.7 Å². The SMILES string of the molecule is CC.Cc1cc(CNC(=O)N2CC(OC(c3ccc(Cl)cc3)c3ccccc3Cl)C2)c(C)o1.Clc1ccc(C(OC2C[N-]C2)c2ccccc2Cl)cc1.[NH-]Cc1ccc2c(c1)CCO2.[Y]. The summed E-state index contributed by atoms with van der Waals surface area (Å²) in [6.45, 7) is 12.0. The zero-order valence-electron chi connectivity index (χ0n) is 37.0. The number of hydrogen-bond donors (Lipinski definition) is 1. The Morgan fingerprint density at radius 2 is 1.31 bits per heavy atom. The number of furan rings is 1. The average molecular weight is 1030 g/mol. The largest absolute Gasteiger partial charge is 0.674 e. The fourth-order valence-electron chi connectivity index (χ4n) is 7.20. The molecule has 4 heterocycles. The molecule has 9 rings (SSSR count). The van der Waals surface area contributed by atoms with Gasteiger partial charge in [-0.05, 0) is 79.1 Å². The molecule has 2 amide bonds. The molecule has 3 aliphatic heterocycles. The smallest absolute Gasteiger partial charge is 0.317 e. The molecule has 0 bridgehead atoms. The molecule has 2 unspecified atom stereocenters. The van der Waals surface area contributed by atoms with Gasteiger partial charge in [0.1, 0.15) is 29.5 Å². The summed E-state index contributed by atoms with van der Waals surface area (Å²) in [5.41, 5.74) is 14.4. The summed E-state index contributed by atoms with van der Waals surface area (Å²) in [4.78, 5) is 14.2. The van der Waals surface area contributed by atoms with Crippen LogP contribution in [0.4, 0.5) is 4.79 Å². The fraction of sp³-hybridized carbons (Fsp3) is 0.314. The quantitative estimate of drug-likeness (QED) is 0.139. The van der Waals surface area contributed by atoms with Crippen molar-refractivity contribution in [1.29, 1.82) is 0 Å². The van der Waals surface area contributed by atoms with Gasteiger partial charge in [-0.1, -0.05) is 139 Å².